The minimum atomic E-state index is -2.04. The predicted molar refractivity (Wildman–Crippen MR) is 118 cm³/mol. The fraction of sp³-hybridized carbons (Fsp3) is 0.762. The van der Waals surface area contributed by atoms with Gasteiger partial charge in [0.2, 0.25) is 0 Å². The summed E-state index contributed by atoms with van der Waals surface area (Å²) in [5, 5.41) is 0.156. The molecule has 0 saturated heterocycles. The van der Waals surface area contributed by atoms with E-state index in [4.69, 9.17) is 13.6 Å². The van der Waals surface area contributed by atoms with Crippen LogP contribution in [0.4, 0.5) is 0 Å². The quantitative estimate of drug-likeness (QED) is 0.421. The Balaban J connectivity index is 3.28. The second-order valence-electron chi connectivity index (χ2n) is 10.7. The number of ether oxygens (including phenoxy) is 1. The number of hydrogen-bond acceptors (Lipinski definition) is 4. The lowest BCUT2D eigenvalue weighted by Gasteiger charge is -2.46. The Morgan fingerprint density at radius 3 is 1.85 bits per heavy atom. The van der Waals surface area contributed by atoms with Crippen molar-refractivity contribution in [2.75, 3.05) is 7.11 Å². The van der Waals surface area contributed by atoms with E-state index in [0.717, 1.165) is 5.57 Å². The number of hydrogen-bond donors (Lipinski definition) is 0. The lowest BCUT2D eigenvalue weighted by atomic mass is 9.91. The number of rotatable bonds is 5. The monoisotopic (exact) mass is 412 g/mol. The van der Waals surface area contributed by atoms with E-state index in [0.29, 0.717) is 12.0 Å². The molecule has 1 aliphatic rings. The maximum atomic E-state index is 12.2. The molecule has 0 aromatic carbocycles. The maximum Gasteiger partial charge on any atom is 0.333 e. The van der Waals surface area contributed by atoms with E-state index in [1.165, 1.54) is 7.11 Å². The lowest BCUT2D eigenvalue weighted by molar-refractivity contribution is -0.136. The van der Waals surface area contributed by atoms with E-state index in [2.05, 4.69) is 74.3 Å². The van der Waals surface area contributed by atoms with Crippen LogP contribution in [-0.2, 0) is 18.4 Å². The van der Waals surface area contributed by atoms with Crippen LogP contribution < -0.4 is 0 Å². The first-order chi connectivity index (χ1) is 11.9. The lowest BCUT2D eigenvalue weighted by Crippen LogP contribution is -2.53. The van der Waals surface area contributed by atoms with Crippen LogP contribution >= 0.6 is 0 Å². The fourth-order valence-corrected chi connectivity index (χ4v) is 5.11. The molecule has 0 amide bonds. The summed E-state index contributed by atoms with van der Waals surface area (Å²) in [5.74, 6) is -0.314. The van der Waals surface area contributed by atoms with Gasteiger partial charge in [-0.25, -0.2) is 4.79 Å². The zero-order chi connectivity index (χ0) is 21.4. The van der Waals surface area contributed by atoms with Gasteiger partial charge in [-0.3, -0.25) is 0 Å². The summed E-state index contributed by atoms with van der Waals surface area (Å²) in [7, 11) is -2.66. The fourth-order valence-electron chi connectivity index (χ4n) is 2.51. The van der Waals surface area contributed by atoms with Gasteiger partial charge in [0.1, 0.15) is 0 Å². The molecule has 0 saturated carbocycles. The van der Waals surface area contributed by atoms with Gasteiger partial charge >= 0.3 is 5.97 Å². The van der Waals surface area contributed by atoms with Crippen molar-refractivity contribution in [2.24, 2.45) is 0 Å². The molecule has 0 bridgehead atoms. The third kappa shape index (κ3) is 5.65. The van der Waals surface area contributed by atoms with E-state index in [1.54, 1.807) is 0 Å². The van der Waals surface area contributed by atoms with Crippen LogP contribution in [0.25, 0.3) is 0 Å². The van der Waals surface area contributed by atoms with Crippen LogP contribution in [0.1, 0.15) is 48.0 Å². The van der Waals surface area contributed by atoms with Crippen molar-refractivity contribution in [3.05, 3.63) is 23.8 Å². The molecule has 6 heteroatoms. The molecule has 1 aliphatic carbocycles. The summed E-state index contributed by atoms with van der Waals surface area (Å²) in [4.78, 5) is 12.2. The second-order valence-corrected chi connectivity index (χ2v) is 20.2. The van der Waals surface area contributed by atoms with Crippen LogP contribution in [0.15, 0.2) is 23.8 Å². The van der Waals surface area contributed by atoms with E-state index in [9.17, 15) is 4.79 Å². The minimum absolute atomic E-state index is 0.0719. The molecule has 0 aromatic rings. The summed E-state index contributed by atoms with van der Waals surface area (Å²) in [5.41, 5.74) is 1.41. The van der Waals surface area contributed by atoms with Crippen LogP contribution in [0, 0.1) is 0 Å². The molecule has 0 aromatic heterocycles. The Labute approximate surface area is 168 Å². The largest absolute Gasteiger partial charge is 0.466 e. The minimum Gasteiger partial charge on any atom is -0.466 e. The van der Waals surface area contributed by atoms with Gasteiger partial charge in [-0.1, -0.05) is 48.1 Å². The molecule has 0 unspecified atom stereocenters. The molecular weight excluding hydrogens is 372 g/mol. The van der Waals surface area contributed by atoms with Crippen molar-refractivity contribution >= 4 is 22.6 Å². The van der Waals surface area contributed by atoms with Crippen molar-refractivity contribution < 1.29 is 18.4 Å². The second kappa shape index (κ2) is 7.97. The number of methoxy groups -OCH3 is 1. The zero-order valence-corrected chi connectivity index (χ0v) is 21.3. The van der Waals surface area contributed by atoms with Gasteiger partial charge in [-0.05, 0) is 47.9 Å². The average molecular weight is 413 g/mol. The van der Waals surface area contributed by atoms with E-state index in [1.807, 2.05) is 6.08 Å². The molecule has 0 radical (unpaired) electrons. The van der Waals surface area contributed by atoms with Gasteiger partial charge in [0.05, 0.1) is 19.3 Å². The highest BCUT2D eigenvalue weighted by atomic mass is 28.4. The van der Waals surface area contributed by atoms with Gasteiger partial charge in [0.25, 0.3) is 0 Å². The molecule has 1 rings (SSSR count). The molecule has 0 aliphatic heterocycles. The zero-order valence-electron chi connectivity index (χ0n) is 19.3. The Bertz CT molecular complexity index is 607. The van der Waals surface area contributed by atoms with Crippen molar-refractivity contribution in [3.8, 4) is 0 Å². The number of esters is 1. The van der Waals surface area contributed by atoms with Crippen LogP contribution in [-0.4, -0.2) is 41.9 Å². The van der Waals surface area contributed by atoms with Gasteiger partial charge in [0.15, 0.2) is 16.6 Å². The van der Waals surface area contributed by atoms with Gasteiger partial charge in [0, 0.05) is 12.0 Å². The van der Waals surface area contributed by atoms with E-state index >= 15 is 0 Å². The number of carbonyl (C=O) groups is 1. The first kappa shape index (κ1) is 24.3. The third-order valence-electron chi connectivity index (χ3n) is 6.41. The van der Waals surface area contributed by atoms with Gasteiger partial charge < -0.3 is 13.6 Å². The first-order valence-electron chi connectivity index (χ1n) is 9.76. The number of carbonyl (C=O) groups excluding carboxylic acids is 1. The smallest absolute Gasteiger partial charge is 0.333 e. The predicted octanol–water partition coefficient (Wildman–Crippen LogP) is 5.83. The van der Waals surface area contributed by atoms with Crippen molar-refractivity contribution in [2.45, 2.75) is 96.4 Å². The summed E-state index contributed by atoms with van der Waals surface area (Å²) >= 11 is 0. The van der Waals surface area contributed by atoms with E-state index < -0.39 is 16.6 Å². The highest BCUT2D eigenvalue weighted by Crippen LogP contribution is 2.43. The topological polar surface area (TPSA) is 44.8 Å². The average Bonchev–Trinajstić information content (AvgIpc) is 2.46. The van der Waals surface area contributed by atoms with Gasteiger partial charge in [-0.2, -0.15) is 0 Å². The molecule has 0 N–H and O–H groups in total. The Kier molecular flexibility index (Phi) is 7.19. The van der Waals surface area contributed by atoms with Gasteiger partial charge in [-0.15, -0.1) is 0 Å². The SMILES string of the molecule is C=C1C=C(C(=O)OC)C[C@@H](O[Si](C)(C)C(C)(C)C)[C@@H]1O[Si](C)(C)C(C)(C)C. The molecule has 2 atom stereocenters. The Hall–Kier alpha value is -0.696. The Morgan fingerprint density at radius 2 is 1.44 bits per heavy atom. The highest BCUT2D eigenvalue weighted by Gasteiger charge is 2.46. The summed E-state index contributed by atoms with van der Waals surface area (Å²) in [6.07, 6.45) is 1.88. The molecule has 0 heterocycles. The summed E-state index contributed by atoms with van der Waals surface area (Å²) < 4.78 is 18.4. The standard InChI is InChI=1S/C21H40O4Si2/c1-15-13-16(19(22)23-8)14-17(24-26(9,10)20(2,3)4)18(15)25-27(11,12)21(5,6)7/h13,17-18H,1,14H2,2-12H3/t17-,18-/m1/s1. The normalized spacial score (nSPS) is 22.5. The van der Waals surface area contributed by atoms with Crippen LogP contribution in [0.5, 0.6) is 0 Å². The molecule has 156 valence electrons. The third-order valence-corrected chi connectivity index (χ3v) is 15.4. The van der Waals surface area contributed by atoms with Crippen molar-refractivity contribution in [1.29, 1.82) is 0 Å². The summed E-state index contributed by atoms with van der Waals surface area (Å²) in [6.45, 7) is 26.5. The van der Waals surface area contributed by atoms with Crippen LogP contribution in [0.3, 0.4) is 0 Å². The van der Waals surface area contributed by atoms with Crippen molar-refractivity contribution in [3.63, 3.8) is 0 Å². The Morgan fingerprint density at radius 1 is 1.00 bits per heavy atom. The summed E-state index contributed by atoms with van der Waals surface area (Å²) in [6, 6.07) is 0. The van der Waals surface area contributed by atoms with Crippen LogP contribution in [0.2, 0.25) is 36.3 Å². The molecule has 0 spiro atoms. The maximum absolute atomic E-state index is 12.2. The molecule has 27 heavy (non-hydrogen) atoms. The van der Waals surface area contributed by atoms with E-state index in [-0.39, 0.29) is 28.3 Å². The van der Waals surface area contributed by atoms with Crippen molar-refractivity contribution in [1.82, 2.24) is 0 Å². The highest BCUT2D eigenvalue weighted by molar-refractivity contribution is 6.74. The molecule has 4 nitrogen and oxygen atoms in total. The molecule has 0 fully saturated rings. The first-order valence-corrected chi connectivity index (χ1v) is 15.6. The molecular formula is C21H40O4Si2.